The third-order valence-electron chi connectivity index (χ3n) is 2.65. The number of hydrogen-bond donors (Lipinski definition) is 0. The van der Waals surface area contributed by atoms with Crippen molar-refractivity contribution in [1.82, 2.24) is 0 Å². The molecule has 0 amide bonds. The molecular weight excluding hydrogens is 349 g/mol. The van der Waals surface area contributed by atoms with Gasteiger partial charge in [-0.25, -0.2) is 0 Å². The predicted octanol–water partition coefficient (Wildman–Crippen LogP) is 5.06. The third kappa shape index (κ3) is 7.86. The summed E-state index contributed by atoms with van der Waals surface area (Å²) in [5.41, 5.74) is 3.24. The standard InChI is InChI=1S/C15H13O2.2C2H6.Y/c1-17-15-8-6-14(7-9-15)13-4-2-12(3-5-13)10-11-16;2*1-2;/h2-9H,10H2,1H3;2*1-2H3;/q-1;;;. The quantitative estimate of drug-likeness (QED) is 0.699. The van der Waals surface area contributed by atoms with E-state index in [0.29, 0.717) is 6.42 Å². The van der Waals surface area contributed by atoms with E-state index in [9.17, 15) is 4.79 Å². The smallest absolute Gasteiger partial charge is 0.118 e. The van der Waals surface area contributed by atoms with Crippen molar-refractivity contribution in [2.24, 2.45) is 0 Å². The molecule has 0 fully saturated rings. The van der Waals surface area contributed by atoms with E-state index in [1.807, 2.05) is 82.5 Å². The minimum atomic E-state index is 0. The van der Waals surface area contributed by atoms with Gasteiger partial charge in [0.25, 0.3) is 0 Å². The van der Waals surface area contributed by atoms with E-state index in [1.54, 1.807) is 7.11 Å². The van der Waals surface area contributed by atoms with E-state index in [4.69, 9.17) is 4.74 Å². The van der Waals surface area contributed by atoms with Gasteiger partial charge in [-0.3, -0.25) is 6.29 Å². The molecule has 2 aromatic rings. The summed E-state index contributed by atoms with van der Waals surface area (Å²) in [4.78, 5) is 10.3. The van der Waals surface area contributed by atoms with Crippen molar-refractivity contribution in [2.45, 2.75) is 34.1 Å². The van der Waals surface area contributed by atoms with Crippen LogP contribution < -0.4 is 4.74 Å². The first-order valence-corrected chi connectivity index (χ1v) is 7.42. The van der Waals surface area contributed by atoms with Gasteiger partial charge in [-0.05, 0) is 23.3 Å². The summed E-state index contributed by atoms with van der Waals surface area (Å²) in [5, 5.41) is 0. The summed E-state index contributed by atoms with van der Waals surface area (Å²) in [5.74, 6) is 0.848. The van der Waals surface area contributed by atoms with Gasteiger partial charge in [0.2, 0.25) is 0 Å². The second kappa shape index (κ2) is 14.9. The van der Waals surface area contributed by atoms with Gasteiger partial charge in [0.15, 0.2) is 0 Å². The molecule has 0 heterocycles. The van der Waals surface area contributed by atoms with Crippen molar-refractivity contribution in [3.8, 4) is 16.9 Å². The van der Waals surface area contributed by atoms with Crippen molar-refractivity contribution < 1.29 is 42.2 Å². The van der Waals surface area contributed by atoms with Gasteiger partial charge < -0.3 is 9.53 Å². The van der Waals surface area contributed by atoms with Crippen molar-refractivity contribution in [2.75, 3.05) is 7.11 Å². The summed E-state index contributed by atoms with van der Waals surface area (Å²) >= 11 is 0. The van der Waals surface area contributed by atoms with Crippen molar-refractivity contribution in [1.29, 1.82) is 0 Å². The number of methoxy groups -OCH3 is 1. The van der Waals surface area contributed by atoms with Crippen LogP contribution in [-0.4, -0.2) is 13.4 Å². The molecule has 0 aliphatic rings. The van der Waals surface area contributed by atoms with Gasteiger partial charge in [0.1, 0.15) is 5.75 Å². The van der Waals surface area contributed by atoms with E-state index < -0.39 is 0 Å². The maximum Gasteiger partial charge on any atom is 0.118 e. The molecule has 0 saturated heterocycles. The van der Waals surface area contributed by atoms with Crippen LogP contribution in [-0.2, 0) is 43.9 Å². The fourth-order valence-electron chi connectivity index (χ4n) is 1.68. The predicted molar refractivity (Wildman–Crippen MR) is 90.5 cm³/mol. The van der Waals surface area contributed by atoms with E-state index in [2.05, 4.69) is 0 Å². The second-order valence-electron chi connectivity index (χ2n) is 3.75. The zero-order chi connectivity index (χ0) is 16.1. The maximum absolute atomic E-state index is 10.3. The molecule has 2 nitrogen and oxygen atoms in total. The molecule has 0 aliphatic carbocycles. The largest absolute Gasteiger partial charge is 0.541 e. The topological polar surface area (TPSA) is 26.3 Å². The van der Waals surface area contributed by atoms with Gasteiger partial charge >= 0.3 is 0 Å². The number of ether oxygens (including phenoxy) is 1. The molecule has 0 spiro atoms. The number of carbonyl (C=O) groups excluding carboxylic acids is 1. The molecule has 0 aliphatic heterocycles. The molecule has 117 valence electrons. The first-order valence-electron chi connectivity index (χ1n) is 7.42. The molecule has 2 rings (SSSR count). The Bertz CT molecular complexity index is 490. The summed E-state index contributed by atoms with van der Waals surface area (Å²) < 4.78 is 5.11. The average Bonchev–Trinajstić information content (AvgIpc) is 2.60. The number of hydrogen-bond acceptors (Lipinski definition) is 2. The van der Waals surface area contributed by atoms with Crippen LogP contribution in [0.2, 0.25) is 0 Å². The molecule has 0 N–H and O–H groups in total. The van der Waals surface area contributed by atoms with Crippen LogP contribution in [0.4, 0.5) is 0 Å². The van der Waals surface area contributed by atoms with Crippen LogP contribution >= 0.6 is 0 Å². The number of rotatable bonds is 4. The van der Waals surface area contributed by atoms with Crippen molar-refractivity contribution in [3.05, 3.63) is 54.1 Å². The first-order chi connectivity index (χ1) is 10.3. The van der Waals surface area contributed by atoms with E-state index in [-0.39, 0.29) is 32.7 Å². The molecular formula is C19H25O2Y-. The molecule has 0 unspecified atom stereocenters. The van der Waals surface area contributed by atoms with Crippen molar-refractivity contribution >= 4 is 6.29 Å². The summed E-state index contributed by atoms with van der Waals surface area (Å²) in [6, 6.07) is 15.8. The fourth-order valence-corrected chi connectivity index (χ4v) is 1.68. The number of benzene rings is 2. The Balaban J connectivity index is 0. The normalized spacial score (nSPS) is 8.23. The Morgan fingerprint density at radius 2 is 1.23 bits per heavy atom. The van der Waals surface area contributed by atoms with E-state index in [1.165, 1.54) is 0 Å². The van der Waals surface area contributed by atoms with E-state index >= 15 is 0 Å². The van der Waals surface area contributed by atoms with Gasteiger partial charge in [0, 0.05) is 32.7 Å². The first kappa shape index (κ1) is 23.3. The Morgan fingerprint density at radius 3 is 1.59 bits per heavy atom. The van der Waals surface area contributed by atoms with Crippen LogP contribution in [0.5, 0.6) is 5.75 Å². The maximum atomic E-state index is 10.3. The van der Waals surface area contributed by atoms with Crippen LogP contribution in [0.15, 0.2) is 48.5 Å². The van der Waals surface area contributed by atoms with Gasteiger partial charge in [-0.1, -0.05) is 69.7 Å². The molecule has 0 aromatic heterocycles. The minimum absolute atomic E-state index is 0. The van der Waals surface area contributed by atoms with Crippen LogP contribution in [0.1, 0.15) is 33.3 Å². The average molecular weight is 374 g/mol. The minimum Gasteiger partial charge on any atom is -0.541 e. The third-order valence-corrected chi connectivity index (χ3v) is 2.65. The fraction of sp³-hybridized carbons (Fsp3) is 0.316. The van der Waals surface area contributed by atoms with E-state index in [0.717, 1.165) is 22.4 Å². The Hall–Kier alpha value is -0.986. The summed E-state index contributed by atoms with van der Waals surface area (Å²) in [7, 11) is 1.65. The molecule has 22 heavy (non-hydrogen) atoms. The molecule has 0 saturated carbocycles. The van der Waals surface area contributed by atoms with Crippen LogP contribution in [0.3, 0.4) is 0 Å². The van der Waals surface area contributed by atoms with Crippen molar-refractivity contribution in [3.63, 3.8) is 0 Å². The molecule has 1 radical (unpaired) electrons. The van der Waals surface area contributed by atoms with Crippen LogP contribution in [0, 0.1) is 0 Å². The monoisotopic (exact) mass is 374 g/mol. The zero-order valence-electron chi connectivity index (χ0n) is 14.2. The Morgan fingerprint density at radius 1 is 0.818 bits per heavy atom. The summed E-state index contributed by atoms with van der Waals surface area (Å²) in [6.07, 6.45) is 2.24. The second-order valence-corrected chi connectivity index (χ2v) is 3.75. The SMILES string of the molecule is CC.CC.COc1ccc(-c2ccc(C[C-]=O)cc2)cc1.[Y]. The van der Waals surface area contributed by atoms with Crippen LogP contribution in [0.25, 0.3) is 11.1 Å². The van der Waals surface area contributed by atoms with Gasteiger partial charge in [-0.15, -0.1) is 6.42 Å². The van der Waals surface area contributed by atoms with Gasteiger partial charge in [-0.2, -0.15) is 0 Å². The molecule has 2 aromatic carbocycles. The van der Waals surface area contributed by atoms with Gasteiger partial charge in [0.05, 0.1) is 7.11 Å². The Kier molecular flexibility index (Phi) is 15.8. The molecule has 0 atom stereocenters. The molecule has 0 bridgehead atoms. The summed E-state index contributed by atoms with van der Waals surface area (Å²) in [6.45, 7) is 8.00. The molecule has 3 heteroatoms. The Labute approximate surface area is 160 Å². The zero-order valence-corrected chi connectivity index (χ0v) is 17.1.